The summed E-state index contributed by atoms with van der Waals surface area (Å²) >= 11 is 0. The standard InChI is InChI=1S/C35H32N8O8S2/c1-20-17-28(52(46,47)48)13-15-30(20)42-34(44)32(22(3)40-42)38-36-26-9-5-24(6-10-26)19-25-7-11-27(12-8-25)37-39-33-23(4)41-43(35(33)45)31-16-14-29(18-21(31)2)53(49,50)51/h5-18,32-33H,19H2,1-4H3,(H,46,47,48)(H,49,50,51). The molecule has 0 bridgehead atoms. The van der Waals surface area contributed by atoms with Crippen molar-refractivity contribution in [3.05, 3.63) is 107 Å². The molecule has 4 aromatic rings. The van der Waals surface area contributed by atoms with Gasteiger partial charge in [-0.3, -0.25) is 18.7 Å². The van der Waals surface area contributed by atoms with Crippen molar-refractivity contribution >= 4 is 66.2 Å². The Morgan fingerprint density at radius 3 is 1.26 bits per heavy atom. The maximum absolute atomic E-state index is 13.1. The number of hydrazone groups is 2. The molecule has 2 heterocycles. The van der Waals surface area contributed by atoms with Gasteiger partial charge < -0.3 is 0 Å². The van der Waals surface area contributed by atoms with Gasteiger partial charge in [0.25, 0.3) is 32.1 Å². The van der Waals surface area contributed by atoms with Crippen molar-refractivity contribution in [3.63, 3.8) is 0 Å². The lowest BCUT2D eigenvalue weighted by molar-refractivity contribution is -0.118. The number of hydrogen-bond acceptors (Lipinski definition) is 12. The van der Waals surface area contributed by atoms with Crippen LogP contribution in [0, 0.1) is 13.8 Å². The Morgan fingerprint density at radius 1 is 0.585 bits per heavy atom. The van der Waals surface area contributed by atoms with Gasteiger partial charge in [0.15, 0.2) is 12.1 Å². The van der Waals surface area contributed by atoms with Gasteiger partial charge in [0.05, 0.1) is 44.0 Å². The van der Waals surface area contributed by atoms with E-state index in [0.717, 1.165) is 21.1 Å². The fourth-order valence-electron chi connectivity index (χ4n) is 5.62. The maximum Gasteiger partial charge on any atom is 0.294 e. The van der Waals surface area contributed by atoms with Crippen LogP contribution in [0.5, 0.6) is 0 Å². The summed E-state index contributed by atoms with van der Waals surface area (Å²) < 4.78 is 64.5. The van der Waals surface area contributed by atoms with Gasteiger partial charge in [-0.2, -0.15) is 57.5 Å². The average Bonchev–Trinajstić information content (AvgIpc) is 3.54. The summed E-state index contributed by atoms with van der Waals surface area (Å²) in [4.78, 5) is 25.7. The quantitative estimate of drug-likeness (QED) is 0.141. The summed E-state index contributed by atoms with van der Waals surface area (Å²) in [6.07, 6.45) is 0.601. The molecular weight excluding hydrogens is 725 g/mol. The van der Waals surface area contributed by atoms with Gasteiger partial charge in [-0.05, 0) is 117 Å². The molecule has 6 rings (SSSR count). The van der Waals surface area contributed by atoms with Crippen LogP contribution in [-0.4, -0.2) is 61.3 Å². The molecular formula is C35H32N8O8S2. The fraction of sp³-hybridized carbons (Fsp3) is 0.200. The number of anilines is 2. The van der Waals surface area contributed by atoms with E-state index in [0.29, 0.717) is 51.7 Å². The van der Waals surface area contributed by atoms with E-state index >= 15 is 0 Å². The van der Waals surface area contributed by atoms with Crippen LogP contribution in [0.4, 0.5) is 22.7 Å². The molecule has 0 spiro atoms. The highest BCUT2D eigenvalue weighted by atomic mass is 32.2. The third-order valence-electron chi connectivity index (χ3n) is 8.44. The Labute approximate surface area is 304 Å². The van der Waals surface area contributed by atoms with Gasteiger partial charge >= 0.3 is 0 Å². The molecule has 2 unspecified atom stereocenters. The molecule has 53 heavy (non-hydrogen) atoms. The Kier molecular flexibility index (Phi) is 9.97. The molecule has 0 fully saturated rings. The smallest absolute Gasteiger partial charge is 0.282 e. The number of benzene rings is 4. The molecule has 2 amide bonds. The van der Waals surface area contributed by atoms with Crippen LogP contribution in [0.1, 0.15) is 36.1 Å². The highest BCUT2D eigenvalue weighted by Crippen LogP contribution is 2.30. The minimum atomic E-state index is -4.39. The molecule has 2 N–H and O–H groups in total. The van der Waals surface area contributed by atoms with Crippen LogP contribution < -0.4 is 10.0 Å². The first-order chi connectivity index (χ1) is 25.0. The van der Waals surface area contributed by atoms with Crippen LogP contribution in [0.3, 0.4) is 0 Å². The lowest BCUT2D eigenvalue weighted by Gasteiger charge is -2.15. The van der Waals surface area contributed by atoms with Gasteiger partial charge in [-0.15, -0.1) is 0 Å². The topological polar surface area (TPSA) is 224 Å². The van der Waals surface area contributed by atoms with Gasteiger partial charge in [0.2, 0.25) is 0 Å². The van der Waals surface area contributed by atoms with E-state index in [1.165, 1.54) is 36.4 Å². The van der Waals surface area contributed by atoms with Crippen LogP contribution in [0.25, 0.3) is 0 Å². The van der Waals surface area contributed by atoms with E-state index in [1.54, 1.807) is 52.0 Å². The number of carbonyl (C=O) groups excluding carboxylic acids is 2. The summed E-state index contributed by atoms with van der Waals surface area (Å²) in [6, 6.07) is 20.5. The molecule has 0 aliphatic carbocycles. The van der Waals surface area contributed by atoms with Gasteiger partial charge in [0, 0.05) is 0 Å². The van der Waals surface area contributed by atoms with Crippen LogP contribution in [-0.2, 0) is 36.2 Å². The summed E-state index contributed by atoms with van der Waals surface area (Å²) in [5.41, 5.74) is 5.45. The number of azo groups is 2. The van der Waals surface area contributed by atoms with E-state index in [1.807, 2.05) is 24.3 Å². The molecule has 2 aliphatic rings. The number of rotatable bonds is 10. The lowest BCUT2D eigenvalue weighted by atomic mass is 10.0. The van der Waals surface area contributed by atoms with Crippen molar-refractivity contribution < 1.29 is 35.5 Å². The minimum absolute atomic E-state index is 0.285. The first-order valence-electron chi connectivity index (χ1n) is 15.9. The summed E-state index contributed by atoms with van der Waals surface area (Å²) in [6.45, 7) is 6.51. The summed E-state index contributed by atoms with van der Waals surface area (Å²) in [5, 5.41) is 27.8. The molecule has 0 radical (unpaired) electrons. The summed E-state index contributed by atoms with van der Waals surface area (Å²) in [7, 11) is -8.79. The van der Waals surface area contributed by atoms with Crippen LogP contribution in [0.2, 0.25) is 0 Å². The Bertz CT molecular complexity index is 2310. The number of hydrogen-bond donors (Lipinski definition) is 2. The molecule has 2 atom stereocenters. The monoisotopic (exact) mass is 756 g/mol. The minimum Gasteiger partial charge on any atom is -0.282 e. The molecule has 4 aromatic carbocycles. The zero-order valence-electron chi connectivity index (χ0n) is 28.7. The third-order valence-corrected chi connectivity index (χ3v) is 10.1. The second-order valence-electron chi connectivity index (χ2n) is 12.4. The molecule has 18 heteroatoms. The van der Waals surface area contributed by atoms with Crippen LogP contribution >= 0.6 is 0 Å². The maximum atomic E-state index is 13.1. The molecule has 0 saturated carbocycles. The summed E-state index contributed by atoms with van der Waals surface area (Å²) in [5.74, 6) is -0.898. The first kappa shape index (κ1) is 37.0. The van der Waals surface area contributed by atoms with E-state index in [-0.39, 0.29) is 9.79 Å². The molecule has 0 saturated heterocycles. The fourth-order valence-corrected chi connectivity index (χ4v) is 6.75. The van der Waals surface area contributed by atoms with E-state index in [4.69, 9.17) is 0 Å². The zero-order chi connectivity index (χ0) is 38.2. The van der Waals surface area contributed by atoms with Crippen molar-refractivity contribution in [2.75, 3.05) is 10.0 Å². The van der Waals surface area contributed by atoms with E-state index < -0.39 is 44.1 Å². The first-order valence-corrected chi connectivity index (χ1v) is 18.8. The SMILES string of the molecule is CC1=NN(c2ccc(S(=O)(=O)O)cc2C)C(=O)C1N=Nc1ccc(Cc2ccc(N=NC3C(=O)N(c4ccc(S(=O)(=O)O)cc4C)N=C3C)cc2)cc1. The third kappa shape index (κ3) is 8.00. The second-order valence-corrected chi connectivity index (χ2v) is 15.2. The molecule has 0 aromatic heterocycles. The Hall–Kier alpha value is -5.82. The predicted molar refractivity (Wildman–Crippen MR) is 195 cm³/mol. The number of nitrogens with zero attached hydrogens (tertiary/aromatic N) is 8. The second kappa shape index (κ2) is 14.3. The largest absolute Gasteiger partial charge is 0.294 e. The van der Waals surface area contributed by atoms with Gasteiger partial charge in [-0.25, -0.2) is 0 Å². The van der Waals surface area contributed by atoms with Crippen molar-refractivity contribution in [1.29, 1.82) is 0 Å². The van der Waals surface area contributed by atoms with E-state index in [9.17, 15) is 35.5 Å². The lowest BCUT2D eigenvalue weighted by Crippen LogP contribution is -2.30. The van der Waals surface area contributed by atoms with Crippen LogP contribution in [0.15, 0.2) is 125 Å². The predicted octanol–water partition coefficient (Wildman–Crippen LogP) is 6.14. The molecule has 2 aliphatic heterocycles. The van der Waals surface area contributed by atoms with Crippen molar-refractivity contribution in [3.8, 4) is 0 Å². The highest BCUT2D eigenvalue weighted by Gasteiger charge is 2.37. The van der Waals surface area contributed by atoms with Gasteiger partial charge in [0.1, 0.15) is 0 Å². The van der Waals surface area contributed by atoms with Crippen molar-refractivity contribution in [2.24, 2.45) is 30.7 Å². The highest BCUT2D eigenvalue weighted by molar-refractivity contribution is 7.86. The molecule has 16 nitrogen and oxygen atoms in total. The Balaban J connectivity index is 1.05. The number of aryl methyl sites for hydroxylation is 2. The number of carbonyl (C=O) groups is 2. The Morgan fingerprint density at radius 2 is 0.943 bits per heavy atom. The van der Waals surface area contributed by atoms with Crippen molar-refractivity contribution in [1.82, 2.24) is 0 Å². The zero-order valence-corrected chi connectivity index (χ0v) is 30.3. The van der Waals surface area contributed by atoms with Gasteiger partial charge in [-0.1, -0.05) is 24.3 Å². The average molecular weight is 757 g/mol. The molecule has 272 valence electrons. The normalized spacial score (nSPS) is 18.1. The number of amides is 2. The van der Waals surface area contributed by atoms with E-state index in [2.05, 4.69) is 30.7 Å². The van der Waals surface area contributed by atoms with Crippen molar-refractivity contribution in [2.45, 2.75) is 56.0 Å².